The van der Waals surface area contributed by atoms with Gasteiger partial charge in [-0.05, 0) is 32.1 Å². The first kappa shape index (κ1) is 9.48. The lowest BCUT2D eigenvalue weighted by atomic mass is 10.1. The second-order valence-corrected chi connectivity index (χ2v) is 2.45. The van der Waals surface area contributed by atoms with Crippen molar-refractivity contribution < 1.29 is 0 Å². The highest BCUT2D eigenvalue weighted by molar-refractivity contribution is 4.85. The molecule has 0 aromatic carbocycles. The summed E-state index contributed by atoms with van der Waals surface area (Å²) in [5.74, 6) is 0. The van der Waals surface area contributed by atoms with Crippen LogP contribution in [0.2, 0.25) is 0 Å². The molecule has 0 spiro atoms. The Morgan fingerprint density at radius 3 is 1.80 bits per heavy atom. The molecule has 58 valence electrons. The van der Waals surface area contributed by atoms with Crippen LogP contribution in [0.5, 0.6) is 0 Å². The van der Waals surface area contributed by atoms with Gasteiger partial charge in [0.05, 0.1) is 0 Å². The van der Waals surface area contributed by atoms with Gasteiger partial charge in [-0.15, -0.1) is 6.58 Å². The van der Waals surface area contributed by atoms with Crippen LogP contribution in [0.25, 0.3) is 0 Å². The van der Waals surface area contributed by atoms with Gasteiger partial charge in [0.1, 0.15) is 0 Å². The van der Waals surface area contributed by atoms with E-state index in [0.29, 0.717) is 0 Å². The van der Waals surface area contributed by atoms with Crippen molar-refractivity contribution in [2.75, 3.05) is 0 Å². The highest BCUT2D eigenvalue weighted by Gasteiger charge is 1.87. The van der Waals surface area contributed by atoms with Gasteiger partial charge in [-0.3, -0.25) is 0 Å². The summed E-state index contributed by atoms with van der Waals surface area (Å²) in [6.07, 6.45) is 13.0. The molecule has 1 aliphatic carbocycles. The van der Waals surface area contributed by atoms with Gasteiger partial charge < -0.3 is 0 Å². The highest BCUT2D eigenvalue weighted by Crippen LogP contribution is 2.07. The molecule has 0 aromatic heterocycles. The molecule has 0 aromatic rings. The van der Waals surface area contributed by atoms with E-state index in [4.69, 9.17) is 0 Å². The molecular formula is C10H18. The fraction of sp³-hybridized carbons (Fsp3) is 0.600. The summed E-state index contributed by atoms with van der Waals surface area (Å²) < 4.78 is 0. The Labute approximate surface area is 64.6 Å². The van der Waals surface area contributed by atoms with Crippen molar-refractivity contribution in [3.63, 3.8) is 0 Å². The molecule has 0 radical (unpaired) electrons. The first-order valence-corrected chi connectivity index (χ1v) is 4.17. The van der Waals surface area contributed by atoms with Crippen molar-refractivity contribution in [3.05, 3.63) is 24.8 Å². The van der Waals surface area contributed by atoms with Gasteiger partial charge >= 0.3 is 0 Å². The molecule has 10 heavy (non-hydrogen) atoms. The Hall–Kier alpha value is -0.520. The Kier molecular flexibility index (Phi) is 8.04. The molecule has 0 fully saturated rings. The molecule has 0 heterocycles. The van der Waals surface area contributed by atoms with E-state index in [-0.39, 0.29) is 0 Å². The van der Waals surface area contributed by atoms with Crippen LogP contribution in [0.15, 0.2) is 24.8 Å². The molecule has 1 rings (SSSR count). The lowest BCUT2D eigenvalue weighted by molar-refractivity contribution is 0.730. The van der Waals surface area contributed by atoms with Crippen LogP contribution in [0.3, 0.4) is 0 Å². The first-order valence-electron chi connectivity index (χ1n) is 4.17. The van der Waals surface area contributed by atoms with E-state index in [0.717, 1.165) is 6.42 Å². The van der Waals surface area contributed by atoms with E-state index in [9.17, 15) is 0 Å². The third-order valence-electron chi connectivity index (χ3n) is 1.45. The zero-order valence-corrected chi connectivity index (χ0v) is 6.97. The van der Waals surface area contributed by atoms with Crippen molar-refractivity contribution in [1.82, 2.24) is 0 Å². The van der Waals surface area contributed by atoms with E-state index >= 15 is 0 Å². The molecule has 0 atom stereocenters. The minimum Gasteiger partial charge on any atom is -0.103 e. The summed E-state index contributed by atoms with van der Waals surface area (Å²) in [6.45, 7) is 5.54. The van der Waals surface area contributed by atoms with Crippen LogP contribution in [-0.2, 0) is 0 Å². The molecule has 0 aliphatic heterocycles. The number of allylic oxidation sites excluding steroid dienone is 3. The number of rotatable bonds is 1. The third-order valence-corrected chi connectivity index (χ3v) is 1.45. The second-order valence-electron chi connectivity index (χ2n) is 2.45. The van der Waals surface area contributed by atoms with Gasteiger partial charge in [0.25, 0.3) is 0 Å². The molecule has 0 amide bonds. The van der Waals surface area contributed by atoms with Gasteiger partial charge in [0.2, 0.25) is 0 Å². The smallest absolute Gasteiger partial charge is 0.0351 e. The SMILES string of the molecule is C1=CCCCC1.C=CCC. The zero-order valence-electron chi connectivity index (χ0n) is 6.97. The van der Waals surface area contributed by atoms with Gasteiger partial charge in [-0.25, -0.2) is 0 Å². The quantitative estimate of drug-likeness (QED) is 0.485. The summed E-state index contributed by atoms with van der Waals surface area (Å²) >= 11 is 0. The predicted molar refractivity (Wildman–Crippen MR) is 48.1 cm³/mol. The maximum absolute atomic E-state index is 3.48. The van der Waals surface area contributed by atoms with Crippen molar-refractivity contribution in [1.29, 1.82) is 0 Å². The Morgan fingerprint density at radius 1 is 1.30 bits per heavy atom. The monoisotopic (exact) mass is 138 g/mol. The van der Waals surface area contributed by atoms with Crippen molar-refractivity contribution in [3.8, 4) is 0 Å². The van der Waals surface area contributed by atoms with Crippen LogP contribution in [-0.4, -0.2) is 0 Å². The standard InChI is InChI=1S/C6H10.C4H8/c1-2-4-6-5-3-1;1-3-4-2/h1-2H,3-6H2;3H,1,4H2,2H3. The molecule has 0 unspecified atom stereocenters. The number of hydrogen-bond donors (Lipinski definition) is 0. The number of hydrogen-bond acceptors (Lipinski definition) is 0. The van der Waals surface area contributed by atoms with Gasteiger partial charge in [0, 0.05) is 0 Å². The normalized spacial score (nSPS) is 15.3. The molecule has 0 bridgehead atoms. The minimum atomic E-state index is 1.08. The van der Waals surface area contributed by atoms with Gasteiger partial charge in [-0.1, -0.05) is 25.2 Å². The van der Waals surface area contributed by atoms with E-state index in [1.165, 1.54) is 25.7 Å². The Bertz CT molecular complexity index is 82.2. The van der Waals surface area contributed by atoms with Crippen molar-refractivity contribution in [2.45, 2.75) is 39.0 Å². The van der Waals surface area contributed by atoms with E-state index in [1.54, 1.807) is 0 Å². The van der Waals surface area contributed by atoms with Crippen LogP contribution >= 0.6 is 0 Å². The first-order chi connectivity index (χ1) is 4.91. The lowest BCUT2D eigenvalue weighted by Crippen LogP contribution is -1.77. The lowest BCUT2D eigenvalue weighted by Gasteiger charge is -1.97. The van der Waals surface area contributed by atoms with E-state index in [1.807, 2.05) is 6.08 Å². The van der Waals surface area contributed by atoms with Gasteiger partial charge in [-0.2, -0.15) is 0 Å². The molecule has 1 aliphatic rings. The summed E-state index contributed by atoms with van der Waals surface area (Å²) in [5, 5.41) is 0. The molecule has 0 saturated heterocycles. The van der Waals surface area contributed by atoms with Crippen LogP contribution < -0.4 is 0 Å². The summed E-state index contributed by atoms with van der Waals surface area (Å²) in [7, 11) is 0. The third kappa shape index (κ3) is 7.48. The predicted octanol–water partition coefficient (Wildman–Crippen LogP) is 3.70. The van der Waals surface area contributed by atoms with Crippen LogP contribution in [0.1, 0.15) is 39.0 Å². The average molecular weight is 138 g/mol. The largest absolute Gasteiger partial charge is 0.103 e. The fourth-order valence-electron chi connectivity index (χ4n) is 0.760. The van der Waals surface area contributed by atoms with E-state index in [2.05, 4.69) is 25.7 Å². The van der Waals surface area contributed by atoms with Crippen LogP contribution in [0.4, 0.5) is 0 Å². The topological polar surface area (TPSA) is 0 Å². The molecule has 0 N–H and O–H groups in total. The van der Waals surface area contributed by atoms with Crippen molar-refractivity contribution >= 4 is 0 Å². The summed E-state index contributed by atoms with van der Waals surface area (Å²) in [5.41, 5.74) is 0. The molecule has 0 heteroatoms. The molecular weight excluding hydrogens is 120 g/mol. The zero-order chi connectivity index (χ0) is 7.66. The van der Waals surface area contributed by atoms with Crippen molar-refractivity contribution in [2.24, 2.45) is 0 Å². The Morgan fingerprint density at radius 2 is 1.70 bits per heavy atom. The maximum Gasteiger partial charge on any atom is -0.0351 e. The molecule has 0 nitrogen and oxygen atoms in total. The van der Waals surface area contributed by atoms with E-state index < -0.39 is 0 Å². The second kappa shape index (κ2) is 8.48. The summed E-state index contributed by atoms with van der Waals surface area (Å²) in [6, 6.07) is 0. The van der Waals surface area contributed by atoms with Crippen LogP contribution in [0, 0.1) is 0 Å². The molecule has 0 saturated carbocycles. The maximum atomic E-state index is 3.48. The minimum absolute atomic E-state index is 1.08. The summed E-state index contributed by atoms with van der Waals surface area (Å²) in [4.78, 5) is 0. The average Bonchev–Trinajstić information content (AvgIpc) is 2.08. The highest BCUT2D eigenvalue weighted by atomic mass is 13.9. The van der Waals surface area contributed by atoms with Gasteiger partial charge in [0.15, 0.2) is 0 Å². The fourth-order valence-corrected chi connectivity index (χ4v) is 0.760. The Balaban J connectivity index is 0.000000180.